The average molecular weight is 249 g/mol. The third-order valence-corrected chi connectivity index (χ3v) is 2.93. The lowest BCUT2D eigenvalue weighted by Gasteiger charge is -2.04. The van der Waals surface area contributed by atoms with Gasteiger partial charge >= 0.3 is 0 Å². The van der Waals surface area contributed by atoms with E-state index in [9.17, 15) is 0 Å². The molecule has 17 heavy (non-hydrogen) atoms. The summed E-state index contributed by atoms with van der Waals surface area (Å²) in [5, 5.41) is 6.96. The standard InChI is InChI=1S/C12H15N3OS/c1-3-16-10-6-4-9(5-7-10)8-11-13-14-12(17)15(11)2/h4-7H,3,8H2,1-2H3,(H,14,17). The smallest absolute Gasteiger partial charge is 0.194 e. The molecule has 0 unspecified atom stereocenters. The van der Waals surface area contributed by atoms with Crippen molar-refractivity contribution >= 4 is 12.2 Å². The number of benzene rings is 1. The van der Waals surface area contributed by atoms with Gasteiger partial charge in [-0.05, 0) is 36.8 Å². The molecule has 90 valence electrons. The van der Waals surface area contributed by atoms with E-state index in [-0.39, 0.29) is 0 Å². The fraction of sp³-hybridized carbons (Fsp3) is 0.333. The molecule has 4 nitrogen and oxygen atoms in total. The zero-order valence-electron chi connectivity index (χ0n) is 9.93. The molecule has 0 amide bonds. The summed E-state index contributed by atoms with van der Waals surface area (Å²) in [6, 6.07) is 8.03. The van der Waals surface area contributed by atoms with Gasteiger partial charge in [-0.25, -0.2) is 0 Å². The van der Waals surface area contributed by atoms with Crippen LogP contribution in [0.1, 0.15) is 18.3 Å². The Labute approximate surface area is 105 Å². The number of aromatic amines is 1. The Balaban J connectivity index is 2.14. The summed E-state index contributed by atoms with van der Waals surface area (Å²) in [6.07, 6.45) is 0.760. The maximum absolute atomic E-state index is 5.40. The van der Waals surface area contributed by atoms with Gasteiger partial charge in [0.1, 0.15) is 11.6 Å². The molecule has 0 spiro atoms. The fourth-order valence-corrected chi connectivity index (χ4v) is 1.74. The van der Waals surface area contributed by atoms with E-state index in [0.29, 0.717) is 11.4 Å². The summed E-state index contributed by atoms with van der Waals surface area (Å²) in [5.41, 5.74) is 1.19. The second-order valence-corrected chi connectivity index (χ2v) is 4.14. The first-order valence-corrected chi connectivity index (χ1v) is 5.93. The molecule has 0 atom stereocenters. The van der Waals surface area contributed by atoms with E-state index in [4.69, 9.17) is 17.0 Å². The fourth-order valence-electron chi connectivity index (χ4n) is 1.59. The minimum atomic E-state index is 0.644. The number of hydrogen-bond donors (Lipinski definition) is 1. The first-order valence-electron chi connectivity index (χ1n) is 5.52. The van der Waals surface area contributed by atoms with Crippen LogP contribution in [-0.2, 0) is 13.5 Å². The molecule has 0 radical (unpaired) electrons. The van der Waals surface area contributed by atoms with E-state index in [1.807, 2.05) is 42.8 Å². The van der Waals surface area contributed by atoms with E-state index >= 15 is 0 Å². The third-order valence-electron chi connectivity index (χ3n) is 2.57. The second-order valence-electron chi connectivity index (χ2n) is 3.76. The lowest BCUT2D eigenvalue weighted by atomic mass is 10.1. The van der Waals surface area contributed by atoms with Crippen molar-refractivity contribution in [3.63, 3.8) is 0 Å². The largest absolute Gasteiger partial charge is 0.494 e. The van der Waals surface area contributed by atoms with Crippen LogP contribution in [0.5, 0.6) is 5.75 Å². The highest BCUT2D eigenvalue weighted by Gasteiger charge is 2.03. The molecule has 1 heterocycles. The van der Waals surface area contributed by atoms with Gasteiger partial charge in [0.05, 0.1) is 6.61 Å². The quantitative estimate of drug-likeness (QED) is 0.846. The van der Waals surface area contributed by atoms with Crippen molar-refractivity contribution in [3.8, 4) is 5.75 Å². The van der Waals surface area contributed by atoms with Crippen LogP contribution in [0, 0.1) is 4.77 Å². The molecule has 0 bridgehead atoms. The van der Waals surface area contributed by atoms with Crippen LogP contribution in [0.2, 0.25) is 0 Å². The highest BCUT2D eigenvalue weighted by molar-refractivity contribution is 7.71. The molecule has 0 saturated heterocycles. The van der Waals surface area contributed by atoms with Gasteiger partial charge in [0.15, 0.2) is 4.77 Å². The molecule has 2 aromatic rings. The molecule has 1 aromatic heterocycles. The van der Waals surface area contributed by atoms with E-state index in [2.05, 4.69) is 10.2 Å². The summed E-state index contributed by atoms with van der Waals surface area (Å²) in [4.78, 5) is 0. The Morgan fingerprint density at radius 2 is 2.06 bits per heavy atom. The highest BCUT2D eigenvalue weighted by atomic mass is 32.1. The molecular weight excluding hydrogens is 234 g/mol. The van der Waals surface area contributed by atoms with Gasteiger partial charge in [0, 0.05) is 13.5 Å². The van der Waals surface area contributed by atoms with Crippen LogP contribution >= 0.6 is 12.2 Å². The normalized spacial score (nSPS) is 10.5. The maximum Gasteiger partial charge on any atom is 0.194 e. The average Bonchev–Trinajstić information content (AvgIpc) is 2.64. The number of aromatic nitrogens is 3. The second kappa shape index (κ2) is 5.14. The summed E-state index contributed by atoms with van der Waals surface area (Å²) in [6.45, 7) is 2.66. The summed E-state index contributed by atoms with van der Waals surface area (Å²) < 4.78 is 7.92. The van der Waals surface area contributed by atoms with Crippen LogP contribution in [0.25, 0.3) is 0 Å². The minimum absolute atomic E-state index is 0.644. The predicted octanol–water partition coefficient (Wildman–Crippen LogP) is 2.47. The number of nitrogens with zero attached hydrogens (tertiary/aromatic N) is 2. The predicted molar refractivity (Wildman–Crippen MR) is 68.8 cm³/mol. The van der Waals surface area contributed by atoms with Crippen LogP contribution in [0.3, 0.4) is 0 Å². The monoisotopic (exact) mass is 249 g/mol. The number of nitrogens with one attached hydrogen (secondary N) is 1. The zero-order chi connectivity index (χ0) is 12.3. The first-order chi connectivity index (χ1) is 8.20. The Bertz CT molecular complexity index is 542. The van der Waals surface area contributed by atoms with Crippen LogP contribution in [0.4, 0.5) is 0 Å². The van der Waals surface area contributed by atoms with Crippen LogP contribution in [-0.4, -0.2) is 21.4 Å². The molecule has 0 aliphatic carbocycles. The third kappa shape index (κ3) is 2.74. The lowest BCUT2D eigenvalue weighted by Crippen LogP contribution is -1.99. The Morgan fingerprint density at radius 3 is 2.59 bits per heavy atom. The molecule has 0 aliphatic rings. The molecule has 0 aliphatic heterocycles. The van der Waals surface area contributed by atoms with Crippen LogP contribution in [0.15, 0.2) is 24.3 Å². The number of rotatable bonds is 4. The highest BCUT2D eigenvalue weighted by Crippen LogP contribution is 2.14. The molecule has 2 rings (SSSR count). The van der Waals surface area contributed by atoms with Gasteiger partial charge < -0.3 is 9.30 Å². The van der Waals surface area contributed by atoms with Gasteiger partial charge in [0.25, 0.3) is 0 Å². The van der Waals surface area contributed by atoms with E-state index in [1.165, 1.54) is 5.56 Å². The first kappa shape index (κ1) is 11.9. The van der Waals surface area contributed by atoms with Crippen LogP contribution < -0.4 is 4.74 Å². The van der Waals surface area contributed by atoms with Crippen molar-refractivity contribution in [2.24, 2.45) is 7.05 Å². The van der Waals surface area contributed by atoms with Gasteiger partial charge in [-0.2, -0.15) is 5.10 Å². The van der Waals surface area contributed by atoms with E-state index in [1.54, 1.807) is 0 Å². The summed E-state index contributed by atoms with van der Waals surface area (Å²) in [5.74, 6) is 1.82. The summed E-state index contributed by atoms with van der Waals surface area (Å²) >= 11 is 5.07. The molecule has 5 heteroatoms. The number of ether oxygens (including phenoxy) is 1. The topological polar surface area (TPSA) is 42.8 Å². The lowest BCUT2D eigenvalue weighted by molar-refractivity contribution is 0.340. The van der Waals surface area contributed by atoms with E-state index in [0.717, 1.165) is 18.0 Å². The van der Waals surface area contributed by atoms with Crippen molar-refractivity contribution in [1.82, 2.24) is 14.8 Å². The van der Waals surface area contributed by atoms with Gasteiger partial charge in [0.2, 0.25) is 0 Å². The molecule has 0 fully saturated rings. The van der Waals surface area contributed by atoms with Crippen molar-refractivity contribution in [2.45, 2.75) is 13.3 Å². The van der Waals surface area contributed by atoms with Crippen molar-refractivity contribution in [2.75, 3.05) is 6.61 Å². The van der Waals surface area contributed by atoms with Crippen molar-refractivity contribution < 1.29 is 4.74 Å². The Hall–Kier alpha value is -1.62. The number of H-pyrrole nitrogens is 1. The SMILES string of the molecule is CCOc1ccc(Cc2n[nH]c(=S)n2C)cc1. The van der Waals surface area contributed by atoms with Crippen molar-refractivity contribution in [1.29, 1.82) is 0 Å². The molecule has 1 aromatic carbocycles. The Kier molecular flexibility index (Phi) is 3.58. The molecule has 1 N–H and O–H groups in total. The molecule has 0 saturated carbocycles. The Morgan fingerprint density at radius 1 is 1.35 bits per heavy atom. The minimum Gasteiger partial charge on any atom is -0.494 e. The summed E-state index contributed by atoms with van der Waals surface area (Å²) in [7, 11) is 1.91. The van der Waals surface area contributed by atoms with Gasteiger partial charge in [-0.15, -0.1) is 0 Å². The molecular formula is C12H15N3OS. The van der Waals surface area contributed by atoms with E-state index < -0.39 is 0 Å². The van der Waals surface area contributed by atoms with Gasteiger partial charge in [-0.3, -0.25) is 5.10 Å². The zero-order valence-corrected chi connectivity index (χ0v) is 10.8. The maximum atomic E-state index is 5.40. The van der Waals surface area contributed by atoms with Crippen molar-refractivity contribution in [3.05, 3.63) is 40.4 Å². The van der Waals surface area contributed by atoms with Gasteiger partial charge in [-0.1, -0.05) is 12.1 Å². The number of hydrogen-bond acceptors (Lipinski definition) is 3.